The number of aromatic nitrogens is 1. The van der Waals surface area contributed by atoms with E-state index in [0.29, 0.717) is 6.54 Å². The first kappa shape index (κ1) is 10.7. The lowest BCUT2D eigenvalue weighted by Gasteiger charge is -2.05. The van der Waals surface area contributed by atoms with Gasteiger partial charge >= 0.3 is 0 Å². The fourth-order valence-electron chi connectivity index (χ4n) is 2.05. The molecule has 88 valence electrons. The van der Waals surface area contributed by atoms with E-state index in [1.54, 1.807) is 6.20 Å². The molecule has 1 aromatic heterocycles. The Balaban J connectivity index is 1.70. The predicted octanol–water partition coefficient (Wildman–Crippen LogP) is 2.06. The number of nitrogens with one attached hydrogen (secondary N) is 1. The van der Waals surface area contributed by atoms with Gasteiger partial charge in [-0.25, -0.2) is 0 Å². The van der Waals surface area contributed by atoms with Crippen molar-refractivity contribution in [3.05, 3.63) is 77.2 Å². The highest BCUT2D eigenvalue weighted by molar-refractivity contribution is 6.00. The Labute approximate surface area is 105 Å². The van der Waals surface area contributed by atoms with Gasteiger partial charge in [-0.05, 0) is 29.4 Å². The largest absolute Gasteiger partial charge is 0.346 e. The monoisotopic (exact) mass is 236 g/mol. The van der Waals surface area contributed by atoms with E-state index in [2.05, 4.69) is 10.3 Å². The van der Waals surface area contributed by atoms with Crippen LogP contribution >= 0.6 is 0 Å². The summed E-state index contributed by atoms with van der Waals surface area (Å²) < 4.78 is 0. The van der Waals surface area contributed by atoms with E-state index >= 15 is 0 Å². The van der Waals surface area contributed by atoms with E-state index in [1.807, 2.05) is 48.6 Å². The number of allylic oxidation sites excluding steroid dienone is 6. The van der Waals surface area contributed by atoms with Crippen molar-refractivity contribution in [3.63, 3.8) is 0 Å². The topological polar surface area (TPSA) is 42.0 Å². The summed E-state index contributed by atoms with van der Waals surface area (Å²) in [6, 6.07) is 5.66. The zero-order valence-corrected chi connectivity index (χ0v) is 9.76. The van der Waals surface area contributed by atoms with Gasteiger partial charge in [0.05, 0.1) is 12.2 Å². The fraction of sp³-hybridized carbons (Fsp3) is 0.0667. The Hall–Kier alpha value is -2.42. The van der Waals surface area contributed by atoms with Crippen molar-refractivity contribution in [1.82, 2.24) is 10.3 Å². The van der Waals surface area contributed by atoms with E-state index in [0.717, 1.165) is 22.4 Å². The second-order valence-electron chi connectivity index (χ2n) is 4.15. The average Bonchev–Trinajstić information content (AvgIpc) is 2.99. The number of hydrogen-bond acceptors (Lipinski definition) is 2. The van der Waals surface area contributed by atoms with E-state index in [4.69, 9.17) is 0 Å². The van der Waals surface area contributed by atoms with Crippen molar-refractivity contribution in [2.75, 3.05) is 0 Å². The van der Waals surface area contributed by atoms with Crippen LogP contribution in [-0.2, 0) is 11.3 Å². The fourth-order valence-corrected chi connectivity index (χ4v) is 2.05. The highest BCUT2D eigenvalue weighted by Crippen LogP contribution is 2.29. The van der Waals surface area contributed by atoms with Crippen LogP contribution in [-0.4, -0.2) is 10.9 Å². The third-order valence-corrected chi connectivity index (χ3v) is 2.97. The van der Waals surface area contributed by atoms with Gasteiger partial charge in [0.25, 0.3) is 5.91 Å². The minimum atomic E-state index is -0.0538. The summed E-state index contributed by atoms with van der Waals surface area (Å²) in [6.45, 7) is 0.451. The van der Waals surface area contributed by atoms with Crippen molar-refractivity contribution in [2.45, 2.75) is 6.54 Å². The molecule has 0 saturated heterocycles. The Morgan fingerprint density at radius 3 is 3.00 bits per heavy atom. The molecule has 2 aliphatic rings. The van der Waals surface area contributed by atoms with Crippen LogP contribution in [0.3, 0.4) is 0 Å². The summed E-state index contributed by atoms with van der Waals surface area (Å²) in [5.74, 6) is -0.0538. The quantitative estimate of drug-likeness (QED) is 0.872. The molecule has 0 unspecified atom stereocenters. The Bertz CT molecular complexity index is 607. The molecule has 2 aliphatic carbocycles. The highest BCUT2D eigenvalue weighted by atomic mass is 16.1. The lowest BCUT2D eigenvalue weighted by Crippen LogP contribution is -2.24. The molecule has 0 fully saturated rings. The third-order valence-electron chi connectivity index (χ3n) is 2.97. The van der Waals surface area contributed by atoms with E-state index in [-0.39, 0.29) is 5.91 Å². The second kappa shape index (κ2) is 4.45. The maximum Gasteiger partial charge on any atom is 0.252 e. The molecule has 0 aliphatic heterocycles. The van der Waals surface area contributed by atoms with Gasteiger partial charge in [0.15, 0.2) is 0 Å². The molecule has 0 spiro atoms. The molecule has 1 heterocycles. The van der Waals surface area contributed by atoms with Gasteiger partial charge in [-0.15, -0.1) is 0 Å². The standard InChI is InChI=1S/C15H12N2O/c18-15(17-10-12-5-1-2-9-16-12)14-8-7-11-4-3-6-13(11)14/h1-9H,10H2,(H,17,18). The first-order chi connectivity index (χ1) is 8.84. The highest BCUT2D eigenvalue weighted by Gasteiger charge is 2.19. The normalized spacial score (nSPS) is 15.9. The number of carbonyl (C=O) groups is 1. The molecule has 1 N–H and O–H groups in total. The van der Waals surface area contributed by atoms with E-state index in [9.17, 15) is 4.79 Å². The Morgan fingerprint density at radius 2 is 2.17 bits per heavy atom. The molecule has 0 bridgehead atoms. The zero-order chi connectivity index (χ0) is 12.4. The molecular formula is C15H12N2O. The minimum absolute atomic E-state index is 0.0538. The smallest absolute Gasteiger partial charge is 0.252 e. The molecule has 0 atom stereocenters. The number of nitrogens with zero attached hydrogens (tertiary/aromatic N) is 1. The molecule has 18 heavy (non-hydrogen) atoms. The lowest BCUT2D eigenvalue weighted by atomic mass is 10.1. The van der Waals surface area contributed by atoms with Gasteiger partial charge in [0.2, 0.25) is 0 Å². The van der Waals surface area contributed by atoms with Crippen molar-refractivity contribution in [3.8, 4) is 0 Å². The predicted molar refractivity (Wildman–Crippen MR) is 69.5 cm³/mol. The van der Waals surface area contributed by atoms with Crippen LogP contribution in [0, 0.1) is 0 Å². The summed E-state index contributed by atoms with van der Waals surface area (Å²) in [7, 11) is 0. The van der Waals surface area contributed by atoms with E-state index in [1.165, 1.54) is 0 Å². The van der Waals surface area contributed by atoms with Gasteiger partial charge in [0.1, 0.15) is 0 Å². The molecule has 0 saturated carbocycles. The van der Waals surface area contributed by atoms with Crippen LogP contribution in [0.5, 0.6) is 0 Å². The summed E-state index contributed by atoms with van der Waals surface area (Å²) in [4.78, 5) is 16.2. The molecule has 0 radical (unpaired) electrons. The second-order valence-corrected chi connectivity index (χ2v) is 4.15. The summed E-state index contributed by atoms with van der Waals surface area (Å²) in [5, 5.41) is 2.88. The van der Waals surface area contributed by atoms with Gasteiger partial charge in [-0.3, -0.25) is 9.78 Å². The average molecular weight is 236 g/mol. The summed E-state index contributed by atoms with van der Waals surface area (Å²) in [5.41, 5.74) is 3.70. The van der Waals surface area contributed by atoms with Gasteiger partial charge in [0, 0.05) is 11.8 Å². The first-order valence-electron chi connectivity index (χ1n) is 5.84. The molecule has 1 amide bonds. The zero-order valence-electron chi connectivity index (χ0n) is 9.76. The SMILES string of the molecule is O=C(NCc1ccccn1)C1=C2C=CC=C2C=C1. The van der Waals surface area contributed by atoms with Gasteiger partial charge in [-0.1, -0.05) is 30.4 Å². The Kier molecular flexibility index (Phi) is 2.65. The molecule has 3 heteroatoms. The Morgan fingerprint density at radius 1 is 1.22 bits per heavy atom. The molecular weight excluding hydrogens is 224 g/mol. The van der Waals surface area contributed by atoms with E-state index < -0.39 is 0 Å². The van der Waals surface area contributed by atoms with Crippen LogP contribution in [0.15, 0.2) is 71.5 Å². The van der Waals surface area contributed by atoms with Crippen LogP contribution in [0.1, 0.15) is 5.69 Å². The number of amides is 1. The molecule has 3 rings (SSSR count). The third kappa shape index (κ3) is 1.91. The maximum atomic E-state index is 12.1. The summed E-state index contributed by atoms with van der Waals surface area (Å²) in [6.07, 6.45) is 11.5. The van der Waals surface area contributed by atoms with Gasteiger partial charge < -0.3 is 5.32 Å². The molecule has 3 nitrogen and oxygen atoms in total. The number of hydrogen-bond donors (Lipinski definition) is 1. The first-order valence-corrected chi connectivity index (χ1v) is 5.84. The van der Waals surface area contributed by atoms with Crippen molar-refractivity contribution in [1.29, 1.82) is 0 Å². The van der Waals surface area contributed by atoms with Crippen molar-refractivity contribution in [2.24, 2.45) is 0 Å². The number of rotatable bonds is 3. The van der Waals surface area contributed by atoms with Crippen LogP contribution in [0.25, 0.3) is 0 Å². The minimum Gasteiger partial charge on any atom is -0.346 e. The van der Waals surface area contributed by atoms with Crippen molar-refractivity contribution >= 4 is 5.91 Å². The van der Waals surface area contributed by atoms with Crippen LogP contribution < -0.4 is 5.32 Å². The lowest BCUT2D eigenvalue weighted by molar-refractivity contribution is -0.117. The number of pyridine rings is 1. The number of fused-ring (bicyclic) bond motifs is 1. The van der Waals surface area contributed by atoms with Crippen molar-refractivity contribution < 1.29 is 4.79 Å². The van der Waals surface area contributed by atoms with Gasteiger partial charge in [-0.2, -0.15) is 0 Å². The van der Waals surface area contributed by atoms with Crippen LogP contribution in [0.4, 0.5) is 0 Å². The maximum absolute atomic E-state index is 12.1. The van der Waals surface area contributed by atoms with Crippen LogP contribution in [0.2, 0.25) is 0 Å². The number of carbonyl (C=O) groups excluding carboxylic acids is 1. The summed E-state index contributed by atoms with van der Waals surface area (Å²) >= 11 is 0. The molecule has 1 aromatic rings. The molecule has 0 aromatic carbocycles.